The van der Waals surface area contributed by atoms with E-state index in [9.17, 15) is 4.39 Å². The topological polar surface area (TPSA) is 61.4 Å². The summed E-state index contributed by atoms with van der Waals surface area (Å²) < 4.78 is 18.7. The third-order valence-corrected chi connectivity index (χ3v) is 3.60. The highest BCUT2D eigenvalue weighted by Gasteiger charge is 2.05. The number of nitrogens with one attached hydrogen (secondary N) is 3. The summed E-state index contributed by atoms with van der Waals surface area (Å²) in [4.78, 5) is 7.35. The zero-order valence-corrected chi connectivity index (χ0v) is 16.5. The minimum absolute atomic E-state index is 0. The Morgan fingerprint density at radius 1 is 1.29 bits per heavy atom. The lowest BCUT2D eigenvalue weighted by molar-refractivity contribution is 0.145. The molecule has 1 aromatic heterocycles. The van der Waals surface area contributed by atoms with E-state index in [1.54, 1.807) is 19.2 Å². The summed E-state index contributed by atoms with van der Waals surface area (Å²) in [7, 11) is 1.75. The van der Waals surface area contributed by atoms with Crippen molar-refractivity contribution >= 4 is 40.8 Å². The Morgan fingerprint density at radius 3 is 2.83 bits per heavy atom. The van der Waals surface area contributed by atoms with E-state index < -0.39 is 0 Å². The van der Waals surface area contributed by atoms with Crippen molar-refractivity contribution in [1.29, 1.82) is 0 Å². The van der Waals surface area contributed by atoms with Gasteiger partial charge in [0.2, 0.25) is 0 Å². The maximum absolute atomic E-state index is 13.4. The normalized spacial score (nSPS) is 11.4. The van der Waals surface area contributed by atoms with Crippen molar-refractivity contribution in [2.45, 2.75) is 19.8 Å². The number of aromatic amines is 1. The Morgan fingerprint density at radius 2 is 2.08 bits per heavy atom. The molecule has 0 aliphatic rings. The van der Waals surface area contributed by atoms with E-state index >= 15 is 0 Å². The molecular weight excluding hydrogens is 422 g/mol. The van der Waals surface area contributed by atoms with Crippen LogP contribution in [-0.2, 0) is 11.2 Å². The van der Waals surface area contributed by atoms with Gasteiger partial charge in [0.15, 0.2) is 5.96 Å². The van der Waals surface area contributed by atoms with E-state index in [1.807, 2.05) is 13.1 Å². The van der Waals surface area contributed by atoms with E-state index in [-0.39, 0.29) is 29.8 Å². The highest BCUT2D eigenvalue weighted by atomic mass is 127. The molecule has 0 radical (unpaired) electrons. The van der Waals surface area contributed by atoms with Gasteiger partial charge in [-0.25, -0.2) is 4.39 Å². The summed E-state index contributed by atoms with van der Waals surface area (Å²) in [5, 5.41) is 7.45. The molecule has 134 valence electrons. The van der Waals surface area contributed by atoms with Crippen LogP contribution in [-0.4, -0.2) is 44.3 Å². The minimum atomic E-state index is -0.210. The first-order valence-corrected chi connectivity index (χ1v) is 8.02. The summed E-state index contributed by atoms with van der Waals surface area (Å²) in [5.41, 5.74) is 2.05. The Balaban J connectivity index is 0.00000288. The van der Waals surface area contributed by atoms with Gasteiger partial charge in [-0.2, -0.15) is 0 Å². The van der Waals surface area contributed by atoms with Gasteiger partial charge in [-0.15, -0.1) is 24.0 Å². The lowest BCUT2D eigenvalue weighted by Gasteiger charge is -2.11. The van der Waals surface area contributed by atoms with E-state index in [0.717, 1.165) is 61.6 Å². The fourth-order valence-corrected chi connectivity index (χ4v) is 2.42. The van der Waals surface area contributed by atoms with Crippen molar-refractivity contribution in [2.75, 3.05) is 33.4 Å². The molecular formula is C17H26FIN4O. The summed E-state index contributed by atoms with van der Waals surface area (Å²) in [6, 6.07) is 4.80. The quantitative estimate of drug-likeness (QED) is 0.252. The highest BCUT2D eigenvalue weighted by Crippen LogP contribution is 2.19. The number of nitrogens with zero attached hydrogens (tertiary/aromatic N) is 1. The summed E-state index contributed by atoms with van der Waals surface area (Å²) >= 11 is 0. The maximum atomic E-state index is 13.4. The van der Waals surface area contributed by atoms with Crippen molar-refractivity contribution in [3.05, 3.63) is 35.8 Å². The summed E-state index contributed by atoms with van der Waals surface area (Å²) in [6.07, 6.45) is 3.67. The van der Waals surface area contributed by atoms with Gasteiger partial charge < -0.3 is 20.4 Å². The lowest BCUT2D eigenvalue weighted by atomic mass is 10.1. The van der Waals surface area contributed by atoms with E-state index in [1.165, 1.54) is 6.07 Å². The molecule has 0 aliphatic carbocycles. The number of hydrogen-bond acceptors (Lipinski definition) is 2. The van der Waals surface area contributed by atoms with Crippen LogP contribution in [0.2, 0.25) is 0 Å². The fourth-order valence-electron chi connectivity index (χ4n) is 2.42. The molecule has 0 unspecified atom stereocenters. The number of hydrogen-bond donors (Lipinski definition) is 3. The molecule has 1 aromatic carbocycles. The predicted molar refractivity (Wildman–Crippen MR) is 108 cm³/mol. The monoisotopic (exact) mass is 448 g/mol. The largest absolute Gasteiger partial charge is 0.382 e. The summed E-state index contributed by atoms with van der Waals surface area (Å²) in [6.45, 7) is 5.04. The predicted octanol–water partition coefficient (Wildman–Crippen LogP) is 3.06. The van der Waals surface area contributed by atoms with Crippen molar-refractivity contribution < 1.29 is 9.13 Å². The van der Waals surface area contributed by atoms with Crippen molar-refractivity contribution in [3.63, 3.8) is 0 Å². The third-order valence-electron chi connectivity index (χ3n) is 3.60. The number of ether oxygens (including phenoxy) is 1. The van der Waals surface area contributed by atoms with Crippen LogP contribution in [0.3, 0.4) is 0 Å². The SMILES string of the molecule is CCOCCCNC(=NC)NCCc1c[nH]c2ccc(F)cc12.I. The van der Waals surface area contributed by atoms with Crippen molar-refractivity contribution in [1.82, 2.24) is 15.6 Å². The number of benzene rings is 1. The van der Waals surface area contributed by atoms with Gasteiger partial charge in [0.1, 0.15) is 5.82 Å². The number of rotatable bonds is 8. The first-order chi connectivity index (χ1) is 11.2. The van der Waals surface area contributed by atoms with E-state index in [0.29, 0.717) is 0 Å². The van der Waals surface area contributed by atoms with Crippen LogP contribution in [0, 0.1) is 5.82 Å². The Hall–Kier alpha value is -1.35. The standard InChI is InChI=1S/C17H25FN4O.HI/c1-3-23-10-4-8-20-17(19-2)21-9-7-13-12-22-16-6-5-14(18)11-15(13)16;/h5-6,11-12,22H,3-4,7-10H2,1-2H3,(H2,19,20,21);1H. The molecule has 0 aliphatic heterocycles. The second-order valence-electron chi connectivity index (χ2n) is 5.23. The van der Waals surface area contributed by atoms with Crippen LogP contribution in [0.5, 0.6) is 0 Å². The van der Waals surface area contributed by atoms with Gasteiger partial charge in [0.25, 0.3) is 0 Å². The smallest absolute Gasteiger partial charge is 0.190 e. The average molecular weight is 448 g/mol. The third kappa shape index (κ3) is 6.27. The van der Waals surface area contributed by atoms with Crippen LogP contribution >= 0.6 is 24.0 Å². The lowest BCUT2D eigenvalue weighted by Crippen LogP contribution is -2.39. The number of aliphatic imine (C=N–C) groups is 1. The second-order valence-corrected chi connectivity index (χ2v) is 5.23. The van der Waals surface area contributed by atoms with Crippen LogP contribution in [0.25, 0.3) is 10.9 Å². The number of H-pyrrole nitrogens is 1. The van der Waals surface area contributed by atoms with Gasteiger partial charge in [-0.05, 0) is 43.5 Å². The number of aromatic nitrogens is 1. The van der Waals surface area contributed by atoms with Crippen LogP contribution in [0.4, 0.5) is 4.39 Å². The van der Waals surface area contributed by atoms with Gasteiger partial charge in [-0.3, -0.25) is 4.99 Å². The molecule has 0 saturated heterocycles. The molecule has 3 N–H and O–H groups in total. The maximum Gasteiger partial charge on any atom is 0.190 e. The second kappa shape index (κ2) is 11.2. The Labute approximate surface area is 159 Å². The fraction of sp³-hybridized carbons (Fsp3) is 0.471. The number of fused-ring (bicyclic) bond motifs is 1. The molecule has 5 nitrogen and oxygen atoms in total. The van der Waals surface area contributed by atoms with Gasteiger partial charge in [0, 0.05) is 50.5 Å². The number of guanidine groups is 1. The van der Waals surface area contributed by atoms with Crippen molar-refractivity contribution in [3.8, 4) is 0 Å². The van der Waals surface area contributed by atoms with Crippen LogP contribution < -0.4 is 10.6 Å². The van der Waals surface area contributed by atoms with Gasteiger partial charge in [0.05, 0.1) is 0 Å². The Bertz CT molecular complexity index is 645. The molecule has 0 spiro atoms. The Kier molecular flexibility index (Phi) is 9.70. The van der Waals surface area contributed by atoms with E-state index in [4.69, 9.17) is 4.74 Å². The first kappa shape index (κ1) is 20.7. The molecule has 24 heavy (non-hydrogen) atoms. The van der Waals surface area contributed by atoms with Gasteiger partial charge >= 0.3 is 0 Å². The average Bonchev–Trinajstić information content (AvgIpc) is 2.95. The molecule has 2 rings (SSSR count). The molecule has 1 heterocycles. The molecule has 2 aromatic rings. The number of halogens is 2. The summed E-state index contributed by atoms with van der Waals surface area (Å²) in [5.74, 6) is 0.561. The zero-order valence-electron chi connectivity index (χ0n) is 14.2. The first-order valence-electron chi connectivity index (χ1n) is 8.02. The van der Waals surface area contributed by atoms with E-state index in [2.05, 4.69) is 20.6 Å². The van der Waals surface area contributed by atoms with Crippen molar-refractivity contribution in [2.24, 2.45) is 4.99 Å². The molecule has 7 heteroatoms. The molecule has 0 amide bonds. The van der Waals surface area contributed by atoms with Crippen LogP contribution in [0.15, 0.2) is 29.4 Å². The molecule has 0 atom stereocenters. The zero-order chi connectivity index (χ0) is 16.5. The molecule has 0 bridgehead atoms. The molecule has 0 fully saturated rings. The molecule has 0 saturated carbocycles. The van der Waals surface area contributed by atoms with Crippen LogP contribution in [0.1, 0.15) is 18.9 Å². The minimum Gasteiger partial charge on any atom is -0.382 e. The highest BCUT2D eigenvalue weighted by molar-refractivity contribution is 14.0. The van der Waals surface area contributed by atoms with Gasteiger partial charge in [-0.1, -0.05) is 0 Å².